The van der Waals surface area contributed by atoms with Crippen LogP contribution in [0.5, 0.6) is 5.75 Å². The first-order valence-electron chi connectivity index (χ1n) is 9.69. The Morgan fingerprint density at radius 1 is 1.03 bits per heavy atom. The van der Waals surface area contributed by atoms with Crippen molar-refractivity contribution in [2.45, 2.75) is 18.7 Å². The minimum Gasteiger partial charge on any atom is -0.497 e. The minimum atomic E-state index is -3.89. The Labute approximate surface area is 199 Å². The van der Waals surface area contributed by atoms with E-state index >= 15 is 0 Å². The highest BCUT2D eigenvalue weighted by Crippen LogP contribution is 2.37. The molecule has 0 aliphatic heterocycles. The van der Waals surface area contributed by atoms with Gasteiger partial charge in [-0.3, -0.25) is 4.79 Å². The zero-order chi connectivity index (χ0) is 23.8. The Balaban J connectivity index is 1.52. The number of ether oxygens (including phenoxy) is 1. The maximum Gasteiger partial charge on any atom is 0.267 e. The molecule has 11 heteroatoms. The third-order valence-electron chi connectivity index (χ3n) is 4.67. The van der Waals surface area contributed by atoms with Gasteiger partial charge in [-0.15, -0.1) is 11.3 Å². The number of nitrogens with zero attached hydrogens (tertiary/aromatic N) is 2. The fourth-order valence-electron chi connectivity index (χ4n) is 3.18. The number of fused-ring (bicyclic) bond motifs is 1. The maximum absolute atomic E-state index is 12.8. The molecule has 0 saturated heterocycles. The first kappa shape index (κ1) is 23.0. The SMILES string of the molecule is COc1ccc2sc(C(=O)Nc3ccc(S(=O)(=O)Nc4nc(C)cc(C)n4)cc3)c(Cl)c2c1. The van der Waals surface area contributed by atoms with Crippen LogP contribution in [-0.4, -0.2) is 31.4 Å². The van der Waals surface area contributed by atoms with E-state index in [1.54, 1.807) is 39.2 Å². The van der Waals surface area contributed by atoms with Crippen molar-refractivity contribution in [3.05, 3.63) is 69.8 Å². The molecule has 170 valence electrons. The predicted molar refractivity (Wildman–Crippen MR) is 130 cm³/mol. The highest BCUT2D eigenvalue weighted by molar-refractivity contribution is 7.92. The van der Waals surface area contributed by atoms with E-state index in [9.17, 15) is 13.2 Å². The Bertz CT molecular complexity index is 1450. The van der Waals surface area contributed by atoms with Crippen LogP contribution in [0, 0.1) is 13.8 Å². The molecule has 33 heavy (non-hydrogen) atoms. The van der Waals surface area contributed by atoms with E-state index in [2.05, 4.69) is 20.0 Å². The van der Waals surface area contributed by atoms with Crippen molar-refractivity contribution in [2.75, 3.05) is 17.1 Å². The Kier molecular flexibility index (Phi) is 6.24. The lowest BCUT2D eigenvalue weighted by atomic mass is 10.2. The zero-order valence-corrected chi connectivity index (χ0v) is 20.2. The molecule has 4 aromatic rings. The lowest BCUT2D eigenvalue weighted by Gasteiger charge is -2.09. The molecule has 0 radical (unpaired) electrons. The molecule has 4 rings (SSSR count). The van der Waals surface area contributed by atoms with Gasteiger partial charge in [0.25, 0.3) is 15.9 Å². The molecule has 0 saturated carbocycles. The first-order valence-corrected chi connectivity index (χ1v) is 12.4. The van der Waals surface area contributed by atoms with Crippen LogP contribution in [0.25, 0.3) is 10.1 Å². The minimum absolute atomic E-state index is 0.000846. The average Bonchev–Trinajstić information content (AvgIpc) is 3.09. The van der Waals surface area contributed by atoms with Crippen molar-refractivity contribution < 1.29 is 17.9 Å². The number of benzene rings is 2. The number of nitrogens with one attached hydrogen (secondary N) is 2. The Morgan fingerprint density at radius 2 is 1.70 bits per heavy atom. The number of aromatic nitrogens is 2. The second-order valence-corrected chi connectivity index (χ2v) is 10.3. The summed E-state index contributed by atoms with van der Waals surface area (Å²) < 4.78 is 33.8. The number of hydrogen-bond acceptors (Lipinski definition) is 7. The van der Waals surface area contributed by atoms with Crippen LogP contribution in [0.4, 0.5) is 11.6 Å². The van der Waals surface area contributed by atoms with Gasteiger partial charge in [-0.25, -0.2) is 23.1 Å². The molecule has 1 amide bonds. The smallest absolute Gasteiger partial charge is 0.267 e. The Morgan fingerprint density at radius 3 is 2.33 bits per heavy atom. The van der Waals surface area contributed by atoms with Crippen molar-refractivity contribution in [1.82, 2.24) is 9.97 Å². The number of halogens is 1. The molecular weight excluding hydrogens is 484 g/mol. The van der Waals surface area contributed by atoms with E-state index in [0.29, 0.717) is 32.7 Å². The van der Waals surface area contributed by atoms with Crippen molar-refractivity contribution in [2.24, 2.45) is 0 Å². The number of carbonyl (C=O) groups excluding carboxylic acids is 1. The predicted octanol–water partition coefficient (Wildman–Crippen LogP) is 5.02. The molecule has 2 heterocycles. The second-order valence-electron chi connectivity index (χ2n) is 7.17. The fourth-order valence-corrected chi connectivity index (χ4v) is 5.50. The summed E-state index contributed by atoms with van der Waals surface area (Å²) in [6.07, 6.45) is 0. The summed E-state index contributed by atoms with van der Waals surface area (Å²) >= 11 is 7.69. The van der Waals surface area contributed by atoms with Crippen LogP contribution in [0.3, 0.4) is 0 Å². The number of sulfonamides is 1. The van der Waals surface area contributed by atoms with Crippen LogP contribution in [0.15, 0.2) is 53.4 Å². The van der Waals surface area contributed by atoms with Gasteiger partial charge in [0.1, 0.15) is 10.6 Å². The largest absolute Gasteiger partial charge is 0.497 e. The first-order chi connectivity index (χ1) is 15.7. The number of aryl methyl sites for hydroxylation is 2. The zero-order valence-electron chi connectivity index (χ0n) is 17.8. The van der Waals surface area contributed by atoms with Gasteiger partial charge in [-0.1, -0.05) is 11.6 Å². The Hall–Kier alpha value is -3.21. The number of carbonyl (C=O) groups is 1. The van der Waals surface area contributed by atoms with Gasteiger partial charge >= 0.3 is 0 Å². The summed E-state index contributed by atoms with van der Waals surface area (Å²) in [6.45, 7) is 3.51. The van der Waals surface area contributed by atoms with Gasteiger partial charge in [0, 0.05) is 27.2 Å². The summed E-state index contributed by atoms with van der Waals surface area (Å²) in [7, 11) is -2.33. The van der Waals surface area contributed by atoms with E-state index < -0.39 is 15.9 Å². The van der Waals surface area contributed by atoms with Crippen molar-refractivity contribution in [3.63, 3.8) is 0 Å². The highest BCUT2D eigenvalue weighted by Gasteiger charge is 2.19. The topological polar surface area (TPSA) is 110 Å². The highest BCUT2D eigenvalue weighted by atomic mass is 35.5. The van der Waals surface area contributed by atoms with Crippen LogP contribution in [0.1, 0.15) is 21.1 Å². The molecule has 0 fully saturated rings. The van der Waals surface area contributed by atoms with Crippen LogP contribution >= 0.6 is 22.9 Å². The molecule has 0 bridgehead atoms. The van der Waals surface area contributed by atoms with Gasteiger partial charge in [-0.05, 0) is 62.4 Å². The van der Waals surface area contributed by atoms with Gasteiger partial charge in [0.15, 0.2) is 0 Å². The van der Waals surface area contributed by atoms with E-state index in [0.717, 1.165) is 10.1 Å². The van der Waals surface area contributed by atoms with Crippen molar-refractivity contribution in [3.8, 4) is 5.75 Å². The van der Waals surface area contributed by atoms with Crippen LogP contribution < -0.4 is 14.8 Å². The van der Waals surface area contributed by atoms with Crippen LogP contribution in [0.2, 0.25) is 5.02 Å². The number of anilines is 2. The third-order valence-corrected chi connectivity index (χ3v) is 7.69. The molecule has 0 unspecified atom stereocenters. The standard InChI is InChI=1S/C22H19ClN4O4S2/c1-12-10-13(2)25-22(24-12)27-33(29,30)16-7-4-14(5-8-16)26-21(28)20-19(23)17-11-15(31-3)6-9-18(17)32-20/h4-11H,1-3H3,(H,26,28)(H,24,25,27). The fraction of sp³-hybridized carbons (Fsp3) is 0.136. The number of hydrogen-bond donors (Lipinski definition) is 2. The van der Waals surface area contributed by atoms with Gasteiger partial charge in [-0.2, -0.15) is 0 Å². The normalized spacial score (nSPS) is 11.4. The van der Waals surface area contributed by atoms with E-state index in [4.69, 9.17) is 16.3 Å². The van der Waals surface area contributed by atoms with Crippen molar-refractivity contribution >= 4 is 60.6 Å². The molecule has 2 aromatic carbocycles. The van der Waals surface area contributed by atoms with Crippen molar-refractivity contribution in [1.29, 1.82) is 0 Å². The van der Waals surface area contributed by atoms with Crippen LogP contribution in [-0.2, 0) is 10.0 Å². The molecule has 8 nitrogen and oxygen atoms in total. The second kappa shape index (κ2) is 8.97. The summed E-state index contributed by atoms with van der Waals surface area (Å²) in [5, 5.41) is 3.81. The van der Waals surface area contributed by atoms with Gasteiger partial charge in [0.05, 0.1) is 17.0 Å². The van der Waals surface area contributed by atoms with E-state index in [1.165, 1.54) is 35.6 Å². The number of thiophene rings is 1. The maximum atomic E-state index is 12.8. The number of amides is 1. The molecule has 2 N–H and O–H groups in total. The summed E-state index contributed by atoms with van der Waals surface area (Å²) in [5.41, 5.74) is 1.72. The molecular formula is C22H19ClN4O4S2. The molecule has 2 aromatic heterocycles. The monoisotopic (exact) mass is 502 g/mol. The van der Waals surface area contributed by atoms with E-state index in [-0.39, 0.29) is 10.8 Å². The summed E-state index contributed by atoms with van der Waals surface area (Å²) in [5.74, 6) is 0.254. The number of methoxy groups -OCH3 is 1. The molecule has 0 aliphatic rings. The number of rotatable bonds is 6. The molecule has 0 aliphatic carbocycles. The molecule has 0 atom stereocenters. The lowest BCUT2D eigenvalue weighted by Crippen LogP contribution is -2.16. The third kappa shape index (κ3) is 4.92. The molecule has 0 spiro atoms. The van der Waals surface area contributed by atoms with Gasteiger partial charge < -0.3 is 10.1 Å². The quantitative estimate of drug-likeness (QED) is 0.383. The average molecular weight is 503 g/mol. The lowest BCUT2D eigenvalue weighted by molar-refractivity contribution is 0.103. The summed E-state index contributed by atoms with van der Waals surface area (Å²) in [6, 6.07) is 12.9. The van der Waals surface area contributed by atoms with E-state index in [1.807, 2.05) is 6.07 Å². The summed E-state index contributed by atoms with van der Waals surface area (Å²) in [4.78, 5) is 21.3. The van der Waals surface area contributed by atoms with Gasteiger partial charge in [0.2, 0.25) is 5.95 Å².